The lowest BCUT2D eigenvalue weighted by Gasteiger charge is -2.32. The molecule has 0 radical (unpaired) electrons. The normalized spacial score (nSPS) is 14.9. The van der Waals surface area contributed by atoms with Crippen molar-refractivity contribution < 1.29 is 23.9 Å². The van der Waals surface area contributed by atoms with Crippen LogP contribution in [0.15, 0.2) is 84.9 Å². The van der Waals surface area contributed by atoms with E-state index < -0.39 is 17.8 Å². The minimum atomic E-state index is -0.593. The van der Waals surface area contributed by atoms with Crippen LogP contribution in [0.4, 0.5) is 5.69 Å². The largest absolute Gasteiger partial charge is 0.460 e. The third kappa shape index (κ3) is 4.64. The Labute approximate surface area is 232 Å². The van der Waals surface area contributed by atoms with Gasteiger partial charge in [0.1, 0.15) is 6.61 Å². The highest BCUT2D eigenvalue weighted by molar-refractivity contribution is 6.26. The lowest BCUT2D eigenvalue weighted by Crippen LogP contribution is -2.42. The van der Waals surface area contributed by atoms with E-state index in [0.29, 0.717) is 27.6 Å². The number of anilines is 1. The van der Waals surface area contributed by atoms with Gasteiger partial charge in [-0.15, -0.1) is 0 Å². The molecular formula is C33H28N2O5. The highest BCUT2D eigenvalue weighted by Crippen LogP contribution is 2.36. The molecular weight excluding hydrogens is 504 g/mol. The van der Waals surface area contributed by atoms with Crippen molar-refractivity contribution in [3.8, 4) is 0 Å². The number of benzene rings is 4. The van der Waals surface area contributed by atoms with Crippen molar-refractivity contribution in [1.29, 1.82) is 0 Å². The summed E-state index contributed by atoms with van der Waals surface area (Å²) in [6.07, 6.45) is 3.47. The minimum Gasteiger partial charge on any atom is -0.460 e. The zero-order valence-corrected chi connectivity index (χ0v) is 22.0. The fourth-order valence-corrected chi connectivity index (χ4v) is 5.57. The Balaban J connectivity index is 1.13. The van der Waals surface area contributed by atoms with Crippen molar-refractivity contribution in [2.24, 2.45) is 0 Å². The van der Waals surface area contributed by atoms with E-state index in [4.69, 9.17) is 4.74 Å². The topological polar surface area (TPSA) is 84.0 Å². The molecule has 0 aromatic heterocycles. The van der Waals surface area contributed by atoms with Crippen LogP contribution in [0.1, 0.15) is 66.3 Å². The molecule has 1 fully saturated rings. The molecule has 2 aliphatic heterocycles. The first-order valence-corrected chi connectivity index (χ1v) is 13.6. The smallest absolute Gasteiger partial charge is 0.338 e. The molecule has 7 nitrogen and oxygen atoms in total. The number of hydrogen-bond acceptors (Lipinski definition) is 6. The maximum Gasteiger partial charge on any atom is 0.338 e. The maximum absolute atomic E-state index is 13.4. The van der Waals surface area contributed by atoms with Crippen LogP contribution in [-0.4, -0.2) is 54.7 Å². The number of carbonyl (C=O) groups is 4. The van der Waals surface area contributed by atoms with Gasteiger partial charge in [0.05, 0.1) is 12.1 Å². The zero-order chi connectivity index (χ0) is 27.6. The summed E-state index contributed by atoms with van der Waals surface area (Å²) in [5.41, 5.74) is 3.32. The van der Waals surface area contributed by atoms with Crippen molar-refractivity contribution in [3.05, 3.63) is 113 Å². The Kier molecular flexibility index (Phi) is 6.86. The third-order valence-electron chi connectivity index (χ3n) is 7.63. The average Bonchev–Trinajstić information content (AvgIpc) is 3.01. The Bertz CT molecular complexity index is 1600. The zero-order valence-electron chi connectivity index (χ0n) is 22.0. The molecule has 6 rings (SSSR count). The van der Waals surface area contributed by atoms with Gasteiger partial charge in [-0.1, -0.05) is 54.6 Å². The van der Waals surface area contributed by atoms with Gasteiger partial charge < -0.3 is 9.64 Å². The summed E-state index contributed by atoms with van der Waals surface area (Å²) in [7, 11) is 0. The second-order valence-electron chi connectivity index (χ2n) is 10.1. The quantitative estimate of drug-likeness (QED) is 0.177. The van der Waals surface area contributed by atoms with Gasteiger partial charge in [-0.3, -0.25) is 19.3 Å². The standard InChI is InChI=1S/C33H28N2O5/c36-30(22-8-3-1-4-9-22)23-12-14-24(15-13-23)33(39)40-21-20-35-31(37)26-11-7-10-25-28(34-18-5-2-6-19-34)17-16-27(29(25)26)32(35)38/h1,3-4,7-17H,2,5-6,18-21H2. The third-order valence-corrected chi connectivity index (χ3v) is 7.63. The summed E-state index contributed by atoms with van der Waals surface area (Å²) in [6, 6.07) is 24.5. The van der Waals surface area contributed by atoms with Gasteiger partial charge in [0, 0.05) is 51.8 Å². The van der Waals surface area contributed by atoms with E-state index in [1.165, 1.54) is 18.6 Å². The van der Waals surface area contributed by atoms with Crippen molar-refractivity contribution in [2.45, 2.75) is 19.3 Å². The van der Waals surface area contributed by atoms with E-state index in [2.05, 4.69) is 4.90 Å². The first-order valence-electron chi connectivity index (χ1n) is 13.6. The molecule has 2 heterocycles. The average molecular weight is 533 g/mol. The van der Waals surface area contributed by atoms with Crippen molar-refractivity contribution in [1.82, 2.24) is 4.90 Å². The van der Waals surface area contributed by atoms with Crippen LogP contribution in [0, 0.1) is 0 Å². The van der Waals surface area contributed by atoms with Crippen LogP contribution in [-0.2, 0) is 4.74 Å². The van der Waals surface area contributed by atoms with Gasteiger partial charge in [-0.05, 0) is 49.6 Å². The van der Waals surface area contributed by atoms with Crippen LogP contribution in [0.2, 0.25) is 0 Å². The lowest BCUT2D eigenvalue weighted by atomic mass is 9.92. The van der Waals surface area contributed by atoms with E-state index in [1.807, 2.05) is 30.3 Å². The van der Waals surface area contributed by atoms with Crippen molar-refractivity contribution in [2.75, 3.05) is 31.1 Å². The number of carbonyl (C=O) groups excluding carboxylic acids is 4. The molecule has 2 amide bonds. The second kappa shape index (κ2) is 10.8. The molecule has 2 aliphatic rings. The molecule has 4 aromatic carbocycles. The summed E-state index contributed by atoms with van der Waals surface area (Å²) in [5, 5.41) is 1.61. The van der Waals surface area contributed by atoms with Gasteiger partial charge in [0.25, 0.3) is 11.8 Å². The summed E-state index contributed by atoms with van der Waals surface area (Å²) in [5.74, 6) is -1.51. The number of hydrogen-bond donors (Lipinski definition) is 0. The number of ether oxygens (including phenoxy) is 1. The van der Waals surface area contributed by atoms with E-state index in [9.17, 15) is 19.2 Å². The molecule has 0 unspecified atom stereocenters. The summed E-state index contributed by atoms with van der Waals surface area (Å²) < 4.78 is 5.40. The number of piperidine rings is 1. The molecule has 0 bridgehead atoms. The number of ketones is 1. The molecule has 0 aliphatic carbocycles. The Morgan fingerprint density at radius 1 is 0.675 bits per heavy atom. The first-order chi connectivity index (χ1) is 19.5. The molecule has 200 valence electrons. The number of amides is 2. The van der Waals surface area contributed by atoms with Crippen LogP contribution >= 0.6 is 0 Å². The molecule has 7 heteroatoms. The van der Waals surface area contributed by atoms with Gasteiger partial charge in [-0.25, -0.2) is 4.79 Å². The molecule has 0 saturated carbocycles. The summed E-state index contributed by atoms with van der Waals surface area (Å²) in [6.45, 7) is 1.73. The second-order valence-corrected chi connectivity index (χ2v) is 10.1. The van der Waals surface area contributed by atoms with E-state index >= 15 is 0 Å². The highest BCUT2D eigenvalue weighted by Gasteiger charge is 2.34. The summed E-state index contributed by atoms with van der Waals surface area (Å²) >= 11 is 0. The Hall–Kier alpha value is -4.78. The number of nitrogens with zero attached hydrogens (tertiary/aromatic N) is 2. The Morgan fingerprint density at radius 2 is 1.32 bits per heavy atom. The van der Waals surface area contributed by atoms with Gasteiger partial charge >= 0.3 is 5.97 Å². The lowest BCUT2D eigenvalue weighted by molar-refractivity contribution is 0.0405. The predicted molar refractivity (Wildman–Crippen MR) is 152 cm³/mol. The Morgan fingerprint density at radius 3 is 2.05 bits per heavy atom. The molecule has 0 atom stereocenters. The monoisotopic (exact) mass is 532 g/mol. The molecule has 0 spiro atoms. The van der Waals surface area contributed by atoms with E-state index in [-0.39, 0.29) is 24.5 Å². The number of esters is 1. The maximum atomic E-state index is 13.4. The number of imide groups is 1. The SMILES string of the molecule is O=C(OCCN1C(=O)c2cccc3c(N4CCCCC4)ccc(c23)C1=O)c1ccc(C(=O)c2ccccc2)cc1. The first kappa shape index (κ1) is 25.5. The molecule has 1 saturated heterocycles. The fourth-order valence-electron chi connectivity index (χ4n) is 5.57. The van der Waals surface area contributed by atoms with E-state index in [0.717, 1.165) is 41.9 Å². The van der Waals surface area contributed by atoms with Crippen LogP contribution in [0.5, 0.6) is 0 Å². The molecule has 0 N–H and O–H groups in total. The van der Waals surface area contributed by atoms with Gasteiger partial charge in [0.15, 0.2) is 5.78 Å². The van der Waals surface area contributed by atoms with Crippen molar-refractivity contribution in [3.63, 3.8) is 0 Å². The van der Waals surface area contributed by atoms with Gasteiger partial charge in [-0.2, -0.15) is 0 Å². The van der Waals surface area contributed by atoms with Crippen molar-refractivity contribution >= 4 is 40.0 Å². The number of rotatable bonds is 7. The fraction of sp³-hybridized carbons (Fsp3) is 0.212. The highest BCUT2D eigenvalue weighted by atomic mass is 16.5. The predicted octanol–water partition coefficient (Wildman–Crippen LogP) is 5.51. The van der Waals surface area contributed by atoms with Crippen LogP contribution < -0.4 is 4.90 Å². The molecule has 40 heavy (non-hydrogen) atoms. The molecule has 4 aromatic rings. The van der Waals surface area contributed by atoms with Crippen LogP contribution in [0.25, 0.3) is 10.8 Å². The van der Waals surface area contributed by atoms with Crippen LogP contribution in [0.3, 0.4) is 0 Å². The van der Waals surface area contributed by atoms with E-state index in [1.54, 1.807) is 42.5 Å². The minimum absolute atomic E-state index is 0.0578. The summed E-state index contributed by atoms with van der Waals surface area (Å²) in [4.78, 5) is 55.5. The van der Waals surface area contributed by atoms with Gasteiger partial charge in [0.2, 0.25) is 0 Å².